The number of aryl methyl sites for hydroxylation is 2. The summed E-state index contributed by atoms with van der Waals surface area (Å²) in [6.45, 7) is 15.0. The molecular weight excluding hydrogens is 344 g/mol. The van der Waals surface area contributed by atoms with Crippen molar-refractivity contribution in [2.75, 3.05) is 0 Å². The Hall–Kier alpha value is -3.12. The molecule has 0 saturated heterocycles. The summed E-state index contributed by atoms with van der Waals surface area (Å²) >= 11 is 0. The third-order valence-corrected chi connectivity index (χ3v) is 5.03. The van der Waals surface area contributed by atoms with Crippen LogP contribution in [0.2, 0.25) is 0 Å². The van der Waals surface area contributed by atoms with Crippen LogP contribution in [0.3, 0.4) is 0 Å². The van der Waals surface area contributed by atoms with Gasteiger partial charge in [0, 0.05) is 25.6 Å². The van der Waals surface area contributed by atoms with Crippen molar-refractivity contribution >= 4 is 27.6 Å². The highest BCUT2D eigenvalue weighted by molar-refractivity contribution is 6.12. The number of nitrogens with zero attached hydrogens (tertiary/aromatic N) is 2. The van der Waals surface area contributed by atoms with Crippen molar-refractivity contribution in [3.05, 3.63) is 70.7 Å². The van der Waals surface area contributed by atoms with Gasteiger partial charge in [-0.15, -0.1) is 0 Å². The predicted octanol–water partition coefficient (Wildman–Crippen LogP) is 6.44. The Morgan fingerprint density at radius 3 is 2.68 bits per heavy atom. The molecule has 0 unspecified atom stereocenters. The fourth-order valence-electron chi connectivity index (χ4n) is 3.87. The average Bonchev–Trinajstić information content (AvgIpc) is 3.09. The largest absolute Gasteiger partial charge is 0.456 e. The minimum atomic E-state index is -1.56. The van der Waals surface area contributed by atoms with Gasteiger partial charge in [-0.3, -0.25) is 0 Å². The van der Waals surface area contributed by atoms with Crippen LogP contribution in [0.25, 0.3) is 38.0 Å². The van der Waals surface area contributed by atoms with E-state index in [0.717, 1.165) is 33.2 Å². The molecule has 0 saturated carbocycles. The van der Waals surface area contributed by atoms with Gasteiger partial charge in [-0.2, -0.15) is 0 Å². The SMILES string of the molecule is [2H]c1cc(C([2H])([2H])C(C)C)cc(-c2c(C)cc(C)c3c2oc2cc([N+]#[C-])ccc23)[n+]1C. The molecule has 4 aromatic rings. The molecule has 2 heterocycles. The number of hydrogen-bond acceptors (Lipinski definition) is 1. The monoisotopic (exact) mass is 372 g/mol. The Labute approximate surface area is 170 Å². The van der Waals surface area contributed by atoms with Gasteiger partial charge < -0.3 is 4.42 Å². The van der Waals surface area contributed by atoms with E-state index in [0.29, 0.717) is 22.4 Å². The molecule has 3 nitrogen and oxygen atoms in total. The fraction of sp³-hybridized carbons (Fsp3) is 0.280. The summed E-state index contributed by atoms with van der Waals surface area (Å²) in [5, 5.41) is 1.93. The lowest BCUT2D eigenvalue weighted by Crippen LogP contribution is -2.31. The van der Waals surface area contributed by atoms with Crippen LogP contribution < -0.4 is 4.57 Å². The van der Waals surface area contributed by atoms with Crippen molar-refractivity contribution in [3.8, 4) is 11.3 Å². The minimum absolute atomic E-state index is 0.232. The molecule has 0 aliphatic heterocycles. The summed E-state index contributed by atoms with van der Waals surface area (Å²) in [4.78, 5) is 3.51. The smallest absolute Gasteiger partial charge is 0.216 e. The number of benzene rings is 2. The van der Waals surface area contributed by atoms with Crippen molar-refractivity contribution in [1.29, 1.82) is 0 Å². The third-order valence-electron chi connectivity index (χ3n) is 5.03. The summed E-state index contributed by atoms with van der Waals surface area (Å²) in [7, 11) is 1.82. The Balaban J connectivity index is 2.12. The molecule has 0 atom stereocenters. The first kappa shape index (κ1) is 14.9. The van der Waals surface area contributed by atoms with Crippen LogP contribution in [0.1, 0.15) is 34.7 Å². The minimum Gasteiger partial charge on any atom is -0.456 e. The molecule has 0 amide bonds. The lowest BCUT2D eigenvalue weighted by Gasteiger charge is -2.10. The van der Waals surface area contributed by atoms with E-state index in [4.69, 9.17) is 15.1 Å². The van der Waals surface area contributed by atoms with E-state index in [1.165, 1.54) is 0 Å². The molecule has 3 heteroatoms. The lowest BCUT2D eigenvalue weighted by molar-refractivity contribution is -0.660. The number of aromatic nitrogens is 1. The second-order valence-corrected chi connectivity index (χ2v) is 7.60. The molecule has 140 valence electrons. The highest BCUT2D eigenvalue weighted by Crippen LogP contribution is 2.40. The topological polar surface area (TPSA) is 21.4 Å². The zero-order chi connectivity index (χ0) is 22.7. The van der Waals surface area contributed by atoms with Crippen molar-refractivity contribution < 1.29 is 13.1 Å². The maximum atomic E-state index is 8.55. The van der Waals surface area contributed by atoms with Gasteiger partial charge in [0.25, 0.3) is 0 Å². The molecular formula is C25H25N2O+. The molecule has 0 fully saturated rings. The molecule has 0 N–H and O–H groups in total. The van der Waals surface area contributed by atoms with Crippen LogP contribution in [0.5, 0.6) is 0 Å². The van der Waals surface area contributed by atoms with Crippen molar-refractivity contribution in [3.63, 3.8) is 0 Å². The normalized spacial score (nSPS) is 13.5. The first-order valence-corrected chi connectivity index (χ1v) is 9.41. The van der Waals surface area contributed by atoms with E-state index < -0.39 is 6.37 Å². The van der Waals surface area contributed by atoms with E-state index >= 15 is 0 Å². The lowest BCUT2D eigenvalue weighted by atomic mass is 9.95. The maximum Gasteiger partial charge on any atom is 0.216 e. The summed E-state index contributed by atoms with van der Waals surface area (Å²) in [5.41, 5.74) is 6.01. The first-order valence-electron chi connectivity index (χ1n) is 10.9. The van der Waals surface area contributed by atoms with E-state index in [9.17, 15) is 0 Å². The van der Waals surface area contributed by atoms with Crippen LogP contribution >= 0.6 is 0 Å². The molecule has 0 spiro atoms. The van der Waals surface area contributed by atoms with Gasteiger partial charge in [0.05, 0.1) is 12.1 Å². The Bertz CT molecular complexity index is 1390. The second kappa shape index (κ2) is 6.80. The van der Waals surface area contributed by atoms with Gasteiger partial charge in [0.15, 0.2) is 11.9 Å². The van der Waals surface area contributed by atoms with Gasteiger partial charge in [-0.25, -0.2) is 9.41 Å². The van der Waals surface area contributed by atoms with E-state index in [-0.39, 0.29) is 12.1 Å². The van der Waals surface area contributed by atoms with Crippen molar-refractivity contribution in [2.45, 2.75) is 34.1 Å². The Morgan fingerprint density at radius 2 is 1.96 bits per heavy atom. The molecule has 2 aromatic carbocycles. The van der Waals surface area contributed by atoms with Crippen molar-refractivity contribution in [1.82, 2.24) is 0 Å². The fourth-order valence-corrected chi connectivity index (χ4v) is 3.87. The highest BCUT2D eigenvalue weighted by atomic mass is 16.3. The van der Waals surface area contributed by atoms with E-state index in [1.54, 1.807) is 22.8 Å². The quantitative estimate of drug-likeness (QED) is 0.299. The molecule has 2 aromatic heterocycles. The second-order valence-electron chi connectivity index (χ2n) is 7.60. The number of furan rings is 1. The maximum absolute atomic E-state index is 8.55. The number of fused-ring (bicyclic) bond motifs is 3. The van der Waals surface area contributed by atoms with Gasteiger partial charge in [-0.1, -0.05) is 32.0 Å². The standard InChI is InChI=1S/C25H25N2O/c1-15(2)11-18-9-10-27(6)21(13-18)24-17(4)12-16(3)23-20-8-7-19(26-5)14-22(20)28-25(23)24/h7-10,12-15H,11H2,1-4,6H3/q+1/i10D,11D2. The predicted molar refractivity (Wildman–Crippen MR) is 115 cm³/mol. The average molecular weight is 373 g/mol. The Morgan fingerprint density at radius 1 is 1.18 bits per heavy atom. The van der Waals surface area contributed by atoms with Crippen LogP contribution in [-0.2, 0) is 13.4 Å². The molecule has 0 aliphatic rings. The van der Waals surface area contributed by atoms with Crippen molar-refractivity contribution in [2.24, 2.45) is 13.0 Å². The molecule has 4 rings (SSSR count). The summed E-state index contributed by atoms with van der Waals surface area (Å²) < 4.78 is 33.7. The summed E-state index contributed by atoms with van der Waals surface area (Å²) in [6, 6.07) is 11.0. The Kier molecular flexibility index (Phi) is 3.61. The van der Waals surface area contributed by atoms with Gasteiger partial charge >= 0.3 is 0 Å². The van der Waals surface area contributed by atoms with E-state index in [1.807, 2.05) is 46.9 Å². The summed E-state index contributed by atoms with van der Waals surface area (Å²) in [6.07, 6.45) is -1.33. The zero-order valence-corrected chi connectivity index (χ0v) is 16.8. The van der Waals surface area contributed by atoms with Gasteiger partial charge in [0.1, 0.15) is 19.6 Å². The van der Waals surface area contributed by atoms with Crippen LogP contribution in [0.4, 0.5) is 5.69 Å². The molecule has 28 heavy (non-hydrogen) atoms. The molecule has 0 radical (unpaired) electrons. The van der Waals surface area contributed by atoms with E-state index in [2.05, 4.69) is 10.9 Å². The van der Waals surface area contributed by atoms with Crippen LogP contribution in [-0.4, -0.2) is 0 Å². The molecule has 0 bridgehead atoms. The van der Waals surface area contributed by atoms with Gasteiger partial charge in [-0.05, 0) is 48.9 Å². The number of hydrogen-bond donors (Lipinski definition) is 0. The van der Waals surface area contributed by atoms with Crippen LogP contribution in [0.15, 0.2) is 47.0 Å². The van der Waals surface area contributed by atoms with Gasteiger partial charge in [0.2, 0.25) is 5.69 Å². The number of rotatable bonds is 3. The molecule has 0 aliphatic carbocycles. The summed E-state index contributed by atoms with van der Waals surface area (Å²) in [5.74, 6) is -0.232. The van der Waals surface area contributed by atoms with Crippen LogP contribution in [0, 0.1) is 26.3 Å². The highest BCUT2D eigenvalue weighted by Gasteiger charge is 2.22. The first-order chi connectivity index (χ1) is 14.6. The number of pyridine rings is 1. The zero-order valence-electron chi connectivity index (χ0n) is 19.8. The third kappa shape index (κ3) is 2.96.